The Labute approximate surface area is 210 Å². The van der Waals surface area contributed by atoms with Gasteiger partial charge in [0.2, 0.25) is 11.9 Å². The van der Waals surface area contributed by atoms with Crippen LogP contribution in [0.3, 0.4) is 0 Å². The number of carbonyl (C=O) groups excluding carboxylic acids is 1. The molecule has 9 heteroatoms. The van der Waals surface area contributed by atoms with Crippen LogP contribution in [-0.2, 0) is 16.1 Å². The zero-order valence-electron chi connectivity index (χ0n) is 20.1. The van der Waals surface area contributed by atoms with Crippen molar-refractivity contribution in [3.63, 3.8) is 0 Å². The summed E-state index contributed by atoms with van der Waals surface area (Å²) in [4.78, 5) is 17.4. The van der Waals surface area contributed by atoms with Crippen molar-refractivity contribution in [2.24, 2.45) is 0 Å². The molecule has 3 heterocycles. The van der Waals surface area contributed by atoms with Gasteiger partial charge < -0.3 is 15.0 Å². The number of benzene rings is 2. The minimum Gasteiger partial charge on any atom is -0.378 e. The molecule has 0 saturated carbocycles. The normalized spacial score (nSPS) is 18.7. The molecule has 0 bridgehead atoms. The minimum absolute atomic E-state index is 0.0351. The van der Waals surface area contributed by atoms with Crippen LogP contribution >= 0.6 is 11.8 Å². The second-order valence-corrected chi connectivity index (χ2v) is 10.1. The maximum atomic E-state index is 12.8. The first-order valence-corrected chi connectivity index (χ1v) is 13.2. The van der Waals surface area contributed by atoms with Crippen LogP contribution < -0.4 is 10.2 Å². The van der Waals surface area contributed by atoms with Gasteiger partial charge in [0.05, 0.1) is 24.7 Å². The Hall–Kier alpha value is -2.88. The molecule has 1 N–H and O–H groups in total. The number of morpholine rings is 1. The number of aromatic nitrogens is 3. The summed E-state index contributed by atoms with van der Waals surface area (Å²) in [5.41, 5.74) is 3.50. The van der Waals surface area contributed by atoms with Crippen LogP contribution in [0, 0.1) is 6.92 Å². The first-order valence-electron chi connectivity index (χ1n) is 12.2. The fourth-order valence-electron chi connectivity index (χ4n) is 4.58. The van der Waals surface area contributed by atoms with Crippen LogP contribution in [0.15, 0.2) is 59.8 Å². The molecule has 0 unspecified atom stereocenters. The minimum atomic E-state index is 0.0351. The van der Waals surface area contributed by atoms with E-state index in [2.05, 4.69) is 85.3 Å². The Balaban J connectivity index is 1.21. The van der Waals surface area contributed by atoms with E-state index in [1.807, 2.05) is 6.07 Å². The average Bonchev–Trinajstić information content (AvgIpc) is 3.51. The van der Waals surface area contributed by atoms with Crippen molar-refractivity contribution >= 4 is 23.6 Å². The Bertz CT molecular complexity index is 1110. The van der Waals surface area contributed by atoms with Crippen LogP contribution in [0.4, 0.5) is 5.95 Å². The molecule has 3 aromatic rings. The van der Waals surface area contributed by atoms with Crippen molar-refractivity contribution in [1.29, 1.82) is 0 Å². The molecule has 184 valence electrons. The molecule has 2 aliphatic heterocycles. The lowest BCUT2D eigenvalue weighted by atomic mass is 10.2. The number of hydrogen-bond donors (Lipinski definition) is 1. The van der Waals surface area contributed by atoms with Gasteiger partial charge in [0.1, 0.15) is 0 Å². The van der Waals surface area contributed by atoms with E-state index in [0.717, 1.165) is 55.9 Å². The van der Waals surface area contributed by atoms with Crippen molar-refractivity contribution in [3.8, 4) is 5.69 Å². The summed E-state index contributed by atoms with van der Waals surface area (Å²) in [5, 5.41) is 12.9. The molecule has 0 aliphatic carbocycles. The van der Waals surface area contributed by atoms with Crippen molar-refractivity contribution in [1.82, 2.24) is 25.0 Å². The van der Waals surface area contributed by atoms with Crippen molar-refractivity contribution in [2.45, 2.75) is 31.1 Å². The molecule has 1 amide bonds. The van der Waals surface area contributed by atoms with Crippen LogP contribution in [-0.4, -0.2) is 76.8 Å². The molecule has 2 saturated heterocycles. The number of nitrogens with one attached hydrogen (secondary N) is 1. The van der Waals surface area contributed by atoms with Gasteiger partial charge in [0, 0.05) is 38.8 Å². The van der Waals surface area contributed by atoms with Crippen LogP contribution in [0.5, 0.6) is 0 Å². The van der Waals surface area contributed by atoms with Gasteiger partial charge >= 0.3 is 0 Å². The summed E-state index contributed by atoms with van der Waals surface area (Å²) >= 11 is 1.43. The van der Waals surface area contributed by atoms with E-state index in [0.29, 0.717) is 19.0 Å². The second kappa shape index (κ2) is 11.2. The third-order valence-electron chi connectivity index (χ3n) is 6.42. The van der Waals surface area contributed by atoms with Crippen molar-refractivity contribution < 1.29 is 9.53 Å². The van der Waals surface area contributed by atoms with Crippen molar-refractivity contribution in [3.05, 3.63) is 65.7 Å². The highest BCUT2D eigenvalue weighted by atomic mass is 32.2. The maximum Gasteiger partial charge on any atom is 0.232 e. The molecule has 2 aliphatic rings. The number of carbonyl (C=O) groups is 1. The molecule has 5 rings (SSSR count). The van der Waals surface area contributed by atoms with Gasteiger partial charge in [0.25, 0.3) is 0 Å². The highest BCUT2D eigenvalue weighted by Gasteiger charge is 2.25. The van der Waals surface area contributed by atoms with Crippen molar-refractivity contribution in [2.75, 3.05) is 50.0 Å². The Morgan fingerprint density at radius 3 is 2.60 bits per heavy atom. The number of aryl methyl sites for hydroxylation is 1. The van der Waals surface area contributed by atoms with Gasteiger partial charge in [-0.1, -0.05) is 59.8 Å². The standard InChI is InChI=1S/C26H32N6O2S/c1-20-7-9-23(10-8-20)32-25(31-13-15-34-16-14-31)28-29-26(32)35-19-24(33)27-22-11-12-30(18-22)17-21-5-3-2-4-6-21/h2-10,22H,11-19H2,1H3,(H,27,33)/t22-/m0/s1. The van der Waals surface area contributed by atoms with Crippen LogP contribution in [0.2, 0.25) is 0 Å². The molecule has 35 heavy (non-hydrogen) atoms. The van der Waals surface area contributed by atoms with Gasteiger partial charge in [-0.25, -0.2) is 0 Å². The summed E-state index contributed by atoms with van der Waals surface area (Å²) < 4.78 is 7.57. The molecule has 2 fully saturated rings. The predicted octanol–water partition coefficient (Wildman–Crippen LogP) is 2.90. The Morgan fingerprint density at radius 2 is 1.83 bits per heavy atom. The topological polar surface area (TPSA) is 75.5 Å². The quantitative estimate of drug-likeness (QED) is 0.485. The zero-order valence-corrected chi connectivity index (χ0v) is 20.9. The average molecular weight is 493 g/mol. The van der Waals surface area contributed by atoms with E-state index >= 15 is 0 Å². The smallest absolute Gasteiger partial charge is 0.232 e. The summed E-state index contributed by atoms with van der Waals surface area (Å²) in [7, 11) is 0. The van der Waals surface area contributed by atoms with E-state index in [4.69, 9.17) is 4.74 Å². The van der Waals surface area contributed by atoms with E-state index in [-0.39, 0.29) is 11.9 Å². The molecule has 1 aromatic heterocycles. The third kappa shape index (κ3) is 6.04. The largest absolute Gasteiger partial charge is 0.378 e. The zero-order chi connectivity index (χ0) is 24.0. The summed E-state index contributed by atoms with van der Waals surface area (Å²) in [6, 6.07) is 19.0. The van der Waals surface area contributed by atoms with E-state index in [1.165, 1.54) is 22.9 Å². The number of rotatable bonds is 8. The highest BCUT2D eigenvalue weighted by Crippen LogP contribution is 2.27. The first-order chi connectivity index (χ1) is 17.2. The fourth-order valence-corrected chi connectivity index (χ4v) is 5.34. The third-order valence-corrected chi connectivity index (χ3v) is 7.35. The van der Waals surface area contributed by atoms with Crippen LogP contribution in [0.1, 0.15) is 17.5 Å². The number of likely N-dealkylation sites (tertiary alicyclic amines) is 1. The Morgan fingerprint density at radius 1 is 1.06 bits per heavy atom. The number of nitrogens with zero attached hydrogens (tertiary/aromatic N) is 5. The number of thioether (sulfide) groups is 1. The van der Waals surface area contributed by atoms with Gasteiger partial charge in [-0.2, -0.15) is 0 Å². The van der Waals surface area contributed by atoms with E-state index in [9.17, 15) is 4.79 Å². The lowest BCUT2D eigenvalue weighted by Gasteiger charge is -2.28. The van der Waals surface area contributed by atoms with Gasteiger partial charge in [-0.05, 0) is 31.0 Å². The molecule has 8 nitrogen and oxygen atoms in total. The van der Waals surface area contributed by atoms with Gasteiger partial charge in [-0.3, -0.25) is 14.3 Å². The van der Waals surface area contributed by atoms with E-state index in [1.54, 1.807) is 0 Å². The SMILES string of the molecule is Cc1ccc(-n2c(SCC(=O)N[C@H]3CCN(Cc4ccccc4)C3)nnc2N2CCOCC2)cc1. The Kier molecular flexibility index (Phi) is 7.66. The summed E-state index contributed by atoms with van der Waals surface area (Å²) in [6.45, 7) is 7.77. The maximum absolute atomic E-state index is 12.8. The summed E-state index contributed by atoms with van der Waals surface area (Å²) in [6.07, 6.45) is 0.976. The molecular formula is C26H32N6O2S. The molecule has 1 atom stereocenters. The number of hydrogen-bond acceptors (Lipinski definition) is 7. The van der Waals surface area contributed by atoms with Gasteiger partial charge in [-0.15, -0.1) is 10.2 Å². The van der Waals surface area contributed by atoms with E-state index < -0.39 is 0 Å². The fraction of sp³-hybridized carbons (Fsp3) is 0.423. The number of amides is 1. The molecule has 2 aromatic carbocycles. The summed E-state index contributed by atoms with van der Waals surface area (Å²) in [5.74, 6) is 1.14. The lowest BCUT2D eigenvalue weighted by molar-refractivity contribution is -0.119. The predicted molar refractivity (Wildman–Crippen MR) is 138 cm³/mol. The lowest BCUT2D eigenvalue weighted by Crippen LogP contribution is -2.38. The molecular weight excluding hydrogens is 460 g/mol. The highest BCUT2D eigenvalue weighted by molar-refractivity contribution is 7.99. The van der Waals surface area contributed by atoms with Crippen LogP contribution in [0.25, 0.3) is 5.69 Å². The van der Waals surface area contributed by atoms with Gasteiger partial charge in [0.15, 0.2) is 5.16 Å². The number of anilines is 1. The monoisotopic (exact) mass is 492 g/mol. The number of ether oxygens (including phenoxy) is 1. The molecule has 0 radical (unpaired) electrons. The first kappa shape index (κ1) is 23.8. The second-order valence-electron chi connectivity index (χ2n) is 9.12. The molecule has 0 spiro atoms.